The molecule has 0 heterocycles. The van der Waals surface area contributed by atoms with Crippen LogP contribution in [0.25, 0.3) is 0 Å². The van der Waals surface area contributed by atoms with Crippen molar-refractivity contribution in [2.24, 2.45) is 17.8 Å². The van der Waals surface area contributed by atoms with Gasteiger partial charge in [0.15, 0.2) is 0 Å². The van der Waals surface area contributed by atoms with E-state index in [4.69, 9.17) is 4.74 Å². The van der Waals surface area contributed by atoms with Crippen LogP contribution in [0, 0.1) is 17.8 Å². The molecule has 3 nitrogen and oxygen atoms in total. The Morgan fingerprint density at radius 2 is 2.06 bits per heavy atom. The topological polar surface area (TPSA) is 38.3 Å². The molecule has 0 saturated heterocycles. The average Bonchev–Trinajstić information content (AvgIpc) is 2.34. The Balaban J connectivity index is 2.05. The van der Waals surface area contributed by atoms with Crippen LogP contribution in [0.15, 0.2) is 0 Å². The molecule has 1 saturated carbocycles. The van der Waals surface area contributed by atoms with Crippen LogP contribution in [-0.2, 0) is 4.74 Å². The van der Waals surface area contributed by atoms with Crippen molar-refractivity contribution < 1.29 is 9.53 Å². The largest absolute Gasteiger partial charge is 0.450 e. The summed E-state index contributed by atoms with van der Waals surface area (Å²) in [5, 5.41) is 2.78. The third-order valence-corrected chi connectivity index (χ3v) is 4.27. The van der Waals surface area contributed by atoms with Crippen molar-refractivity contribution in [2.75, 3.05) is 13.2 Å². The summed E-state index contributed by atoms with van der Waals surface area (Å²) < 4.78 is 5.20. The van der Waals surface area contributed by atoms with Crippen molar-refractivity contribution in [2.45, 2.75) is 59.3 Å². The zero-order valence-electron chi connectivity index (χ0n) is 12.2. The summed E-state index contributed by atoms with van der Waals surface area (Å²) in [4.78, 5) is 11.3. The van der Waals surface area contributed by atoms with Crippen LogP contribution < -0.4 is 5.32 Å². The van der Waals surface area contributed by atoms with Gasteiger partial charge in [-0.05, 0) is 37.0 Å². The summed E-state index contributed by atoms with van der Waals surface area (Å²) in [5.41, 5.74) is 0. The zero-order valence-corrected chi connectivity index (χ0v) is 12.2. The first kappa shape index (κ1) is 15.3. The fraction of sp³-hybridized carbons (Fsp3) is 0.933. The van der Waals surface area contributed by atoms with Crippen LogP contribution in [0.1, 0.15) is 59.3 Å². The van der Waals surface area contributed by atoms with E-state index >= 15 is 0 Å². The smallest absolute Gasteiger partial charge is 0.407 e. The van der Waals surface area contributed by atoms with Gasteiger partial charge in [0, 0.05) is 6.54 Å². The van der Waals surface area contributed by atoms with Gasteiger partial charge in [0.1, 0.15) is 0 Å². The molecule has 0 aromatic carbocycles. The molecule has 1 aliphatic carbocycles. The maximum absolute atomic E-state index is 11.3. The first-order valence-corrected chi connectivity index (χ1v) is 7.54. The molecule has 0 spiro atoms. The van der Waals surface area contributed by atoms with Crippen molar-refractivity contribution in [1.29, 1.82) is 0 Å². The van der Waals surface area contributed by atoms with E-state index in [0.29, 0.717) is 6.61 Å². The lowest BCUT2D eigenvalue weighted by Gasteiger charge is -2.31. The molecule has 3 atom stereocenters. The van der Waals surface area contributed by atoms with Crippen LogP contribution in [0.2, 0.25) is 0 Å². The van der Waals surface area contributed by atoms with Gasteiger partial charge in [0.25, 0.3) is 0 Å². The van der Waals surface area contributed by atoms with Gasteiger partial charge >= 0.3 is 6.09 Å². The Bertz CT molecular complexity index is 243. The Hall–Kier alpha value is -0.730. The van der Waals surface area contributed by atoms with E-state index in [0.717, 1.165) is 43.6 Å². The minimum atomic E-state index is -0.249. The van der Waals surface area contributed by atoms with Crippen molar-refractivity contribution in [3.05, 3.63) is 0 Å². The second-order valence-electron chi connectivity index (χ2n) is 5.84. The Kier molecular flexibility index (Phi) is 7.14. The molecule has 0 radical (unpaired) electrons. The van der Waals surface area contributed by atoms with Gasteiger partial charge in [0.05, 0.1) is 6.61 Å². The number of hydrogen-bond donors (Lipinski definition) is 1. The number of unbranched alkanes of at least 4 members (excludes halogenated alkanes) is 1. The molecule has 18 heavy (non-hydrogen) atoms. The summed E-state index contributed by atoms with van der Waals surface area (Å²) in [5.74, 6) is 2.43. The molecule has 1 aliphatic rings. The van der Waals surface area contributed by atoms with Crippen molar-refractivity contribution >= 4 is 6.09 Å². The molecular formula is C15H29NO2. The van der Waals surface area contributed by atoms with Crippen LogP contribution in [0.5, 0.6) is 0 Å². The van der Waals surface area contributed by atoms with Gasteiger partial charge in [0.2, 0.25) is 0 Å². The van der Waals surface area contributed by atoms with Crippen LogP contribution in [0.3, 0.4) is 0 Å². The monoisotopic (exact) mass is 255 g/mol. The highest BCUT2D eigenvalue weighted by Gasteiger charge is 2.24. The number of rotatable bonds is 6. The summed E-state index contributed by atoms with van der Waals surface area (Å²) in [6.07, 6.45) is 6.81. The molecule has 0 aromatic heterocycles. The van der Waals surface area contributed by atoms with Crippen molar-refractivity contribution in [1.82, 2.24) is 5.32 Å². The molecule has 0 bridgehead atoms. The minimum Gasteiger partial charge on any atom is -0.450 e. The van der Waals surface area contributed by atoms with E-state index in [1.807, 2.05) is 0 Å². The third-order valence-electron chi connectivity index (χ3n) is 4.27. The molecule has 3 heteroatoms. The lowest BCUT2D eigenvalue weighted by atomic mass is 9.75. The van der Waals surface area contributed by atoms with E-state index in [2.05, 4.69) is 26.1 Å². The number of nitrogens with one attached hydrogen (secondary N) is 1. The highest BCUT2D eigenvalue weighted by molar-refractivity contribution is 5.66. The number of amides is 1. The van der Waals surface area contributed by atoms with E-state index in [9.17, 15) is 4.79 Å². The lowest BCUT2D eigenvalue weighted by molar-refractivity contribution is 0.124. The Labute approximate surface area is 112 Å². The lowest BCUT2D eigenvalue weighted by Crippen LogP contribution is -2.27. The second kappa shape index (κ2) is 8.39. The predicted octanol–water partition coefficient (Wildman–Crippen LogP) is 3.98. The normalized spacial score (nSPS) is 27.8. The van der Waals surface area contributed by atoms with E-state index in [1.54, 1.807) is 0 Å². The predicted molar refractivity (Wildman–Crippen MR) is 74.5 cm³/mol. The van der Waals surface area contributed by atoms with Crippen LogP contribution in [-0.4, -0.2) is 19.2 Å². The quantitative estimate of drug-likeness (QED) is 0.729. The SMILES string of the molecule is CCCCNC(=O)OCCC1CCC(C)C(C)C1. The standard InChI is InChI=1S/C15H29NO2/c1-4-5-9-16-15(17)18-10-8-14-7-6-12(2)13(3)11-14/h12-14H,4-11H2,1-3H3,(H,16,17). The first-order valence-electron chi connectivity index (χ1n) is 7.54. The van der Waals surface area contributed by atoms with E-state index < -0.39 is 0 Å². The molecule has 0 aromatic rings. The summed E-state index contributed by atoms with van der Waals surface area (Å²) >= 11 is 0. The van der Waals surface area contributed by atoms with Gasteiger partial charge in [-0.25, -0.2) is 4.79 Å². The molecule has 1 N–H and O–H groups in total. The third kappa shape index (κ3) is 5.74. The molecule has 3 unspecified atom stereocenters. The maximum atomic E-state index is 11.3. The zero-order chi connectivity index (χ0) is 13.4. The van der Waals surface area contributed by atoms with Gasteiger partial charge in [-0.3, -0.25) is 0 Å². The van der Waals surface area contributed by atoms with Crippen LogP contribution >= 0.6 is 0 Å². The van der Waals surface area contributed by atoms with Gasteiger partial charge < -0.3 is 10.1 Å². The van der Waals surface area contributed by atoms with Crippen molar-refractivity contribution in [3.63, 3.8) is 0 Å². The second-order valence-corrected chi connectivity index (χ2v) is 5.84. The molecule has 106 valence electrons. The molecule has 1 amide bonds. The summed E-state index contributed by atoms with van der Waals surface area (Å²) in [6.45, 7) is 8.10. The van der Waals surface area contributed by atoms with Crippen LogP contribution in [0.4, 0.5) is 4.79 Å². The number of carbonyl (C=O) groups excluding carboxylic acids is 1. The summed E-state index contributed by atoms with van der Waals surface area (Å²) in [6, 6.07) is 0. The Morgan fingerprint density at radius 3 is 2.72 bits per heavy atom. The average molecular weight is 255 g/mol. The number of hydrogen-bond acceptors (Lipinski definition) is 2. The highest BCUT2D eigenvalue weighted by Crippen LogP contribution is 2.34. The number of ether oxygens (including phenoxy) is 1. The molecule has 1 rings (SSSR count). The fourth-order valence-corrected chi connectivity index (χ4v) is 2.66. The summed E-state index contributed by atoms with van der Waals surface area (Å²) in [7, 11) is 0. The highest BCUT2D eigenvalue weighted by atomic mass is 16.5. The molecule has 0 aliphatic heterocycles. The minimum absolute atomic E-state index is 0.249. The van der Waals surface area contributed by atoms with E-state index in [1.165, 1.54) is 19.3 Å². The number of alkyl carbamates (subject to hydrolysis) is 1. The van der Waals surface area contributed by atoms with Gasteiger partial charge in [-0.2, -0.15) is 0 Å². The fourth-order valence-electron chi connectivity index (χ4n) is 2.66. The van der Waals surface area contributed by atoms with Crippen molar-refractivity contribution in [3.8, 4) is 0 Å². The number of carbonyl (C=O) groups is 1. The Morgan fingerprint density at radius 1 is 1.28 bits per heavy atom. The maximum Gasteiger partial charge on any atom is 0.407 e. The van der Waals surface area contributed by atoms with Gasteiger partial charge in [-0.15, -0.1) is 0 Å². The van der Waals surface area contributed by atoms with Gasteiger partial charge in [-0.1, -0.05) is 40.0 Å². The first-order chi connectivity index (χ1) is 8.63. The van der Waals surface area contributed by atoms with E-state index in [-0.39, 0.29) is 6.09 Å². The molecule has 1 fully saturated rings. The molecular weight excluding hydrogens is 226 g/mol.